The van der Waals surface area contributed by atoms with Crippen molar-refractivity contribution in [2.24, 2.45) is 0 Å². The van der Waals surface area contributed by atoms with Crippen LogP contribution in [0.1, 0.15) is 46.0 Å². The summed E-state index contributed by atoms with van der Waals surface area (Å²) in [6.45, 7) is 5.21. The second kappa shape index (κ2) is 8.72. The monoisotopic (exact) mass is 278 g/mol. The molecule has 110 valence electrons. The van der Waals surface area contributed by atoms with Gasteiger partial charge in [-0.2, -0.15) is 0 Å². The van der Waals surface area contributed by atoms with E-state index in [1.807, 2.05) is 0 Å². The second-order valence-electron chi connectivity index (χ2n) is 6.13. The van der Waals surface area contributed by atoms with Crippen LogP contribution >= 0.6 is 0 Å². The summed E-state index contributed by atoms with van der Waals surface area (Å²) in [7, 11) is 0. The Morgan fingerprint density at radius 2 is 1.29 bits per heavy atom. The summed E-state index contributed by atoms with van der Waals surface area (Å²) < 4.78 is 0. The summed E-state index contributed by atoms with van der Waals surface area (Å²) >= 11 is 0. The van der Waals surface area contributed by atoms with E-state index in [2.05, 4.69) is 74.5 Å². The lowest BCUT2D eigenvalue weighted by molar-refractivity contribution is 0.621. The minimum atomic E-state index is 0.522. The zero-order valence-corrected chi connectivity index (χ0v) is 13.5. The van der Waals surface area contributed by atoms with Crippen molar-refractivity contribution in [3.8, 4) is 0 Å². The summed E-state index contributed by atoms with van der Waals surface area (Å²) in [6.07, 6.45) is 6.72. The van der Waals surface area contributed by atoms with Crippen molar-refractivity contribution < 1.29 is 0 Å². The van der Waals surface area contributed by atoms with Crippen molar-refractivity contribution in [1.82, 2.24) is 0 Å². The highest BCUT2D eigenvalue weighted by Crippen LogP contribution is 2.19. The van der Waals surface area contributed by atoms with Crippen molar-refractivity contribution in [3.05, 3.63) is 60.7 Å². The van der Waals surface area contributed by atoms with E-state index in [9.17, 15) is 0 Å². The molecule has 0 aromatic heterocycles. The molecule has 0 saturated carbocycles. The van der Waals surface area contributed by atoms with Gasteiger partial charge in [0.25, 0.3) is 0 Å². The normalized spacial score (nSPS) is 12.1. The van der Waals surface area contributed by atoms with Gasteiger partial charge in [0, 0.05) is 0 Å². The van der Waals surface area contributed by atoms with E-state index >= 15 is 0 Å². The Morgan fingerprint density at radius 1 is 0.762 bits per heavy atom. The summed E-state index contributed by atoms with van der Waals surface area (Å²) in [6, 6.07) is 22.0. The molecule has 2 rings (SSSR count). The maximum Gasteiger partial charge on any atom is 0.212 e. The van der Waals surface area contributed by atoms with Crippen LogP contribution in [0.15, 0.2) is 60.7 Å². The smallest absolute Gasteiger partial charge is 0.0739 e. The molecule has 0 spiro atoms. The molecule has 0 nitrogen and oxygen atoms in total. The number of hydrogen-bond acceptors (Lipinski definition) is 0. The SMILES string of the molecule is CCCCCCC(C)B(c1ccccc1)c1ccccc1. The molecule has 1 atom stereocenters. The van der Waals surface area contributed by atoms with Crippen molar-refractivity contribution in [2.45, 2.75) is 51.8 Å². The number of unbranched alkanes of at least 4 members (excludes halogenated alkanes) is 3. The van der Waals surface area contributed by atoms with Crippen LogP contribution in [-0.4, -0.2) is 6.71 Å². The third kappa shape index (κ3) is 4.77. The minimum absolute atomic E-state index is 0.522. The second-order valence-corrected chi connectivity index (χ2v) is 6.13. The largest absolute Gasteiger partial charge is 0.212 e. The summed E-state index contributed by atoms with van der Waals surface area (Å²) in [4.78, 5) is 0. The third-order valence-electron chi connectivity index (χ3n) is 4.40. The lowest BCUT2D eigenvalue weighted by Crippen LogP contribution is -2.45. The minimum Gasteiger partial charge on any atom is -0.0739 e. The fourth-order valence-electron chi connectivity index (χ4n) is 3.23. The Kier molecular flexibility index (Phi) is 6.59. The highest BCUT2D eigenvalue weighted by molar-refractivity contribution is 6.86. The van der Waals surface area contributed by atoms with Gasteiger partial charge in [-0.3, -0.25) is 0 Å². The molecule has 0 N–H and O–H groups in total. The predicted molar refractivity (Wildman–Crippen MR) is 96.1 cm³/mol. The molecule has 0 fully saturated rings. The Hall–Kier alpha value is -1.50. The Bertz CT molecular complexity index is 452. The van der Waals surface area contributed by atoms with Gasteiger partial charge in [-0.05, 0) is 0 Å². The molecule has 0 heterocycles. The first-order valence-electron chi connectivity index (χ1n) is 8.42. The molecule has 1 heteroatoms. The van der Waals surface area contributed by atoms with Gasteiger partial charge in [0.15, 0.2) is 0 Å². The quantitative estimate of drug-likeness (QED) is 0.487. The molecule has 2 aromatic rings. The summed E-state index contributed by atoms with van der Waals surface area (Å²) in [5, 5.41) is 0. The van der Waals surface area contributed by atoms with Crippen LogP contribution in [-0.2, 0) is 0 Å². The Morgan fingerprint density at radius 3 is 1.76 bits per heavy atom. The third-order valence-corrected chi connectivity index (χ3v) is 4.40. The van der Waals surface area contributed by atoms with Crippen molar-refractivity contribution in [3.63, 3.8) is 0 Å². The maximum absolute atomic E-state index is 2.41. The molecule has 0 amide bonds. The van der Waals surface area contributed by atoms with Gasteiger partial charge in [0.05, 0.1) is 0 Å². The zero-order chi connectivity index (χ0) is 14.9. The molecule has 0 bridgehead atoms. The van der Waals surface area contributed by atoms with Crippen LogP contribution in [0.2, 0.25) is 5.82 Å². The standard InChI is InChI=1S/C20H27B/c1-3-4-5-8-13-18(2)21(19-14-9-6-10-15-19)20-16-11-7-12-17-20/h6-7,9-12,14-18H,3-5,8,13H2,1-2H3. The topological polar surface area (TPSA) is 0 Å². The van der Waals surface area contributed by atoms with E-state index in [0.29, 0.717) is 12.5 Å². The van der Waals surface area contributed by atoms with E-state index in [1.165, 1.54) is 43.0 Å². The molecule has 0 aliphatic heterocycles. The number of benzene rings is 2. The van der Waals surface area contributed by atoms with Gasteiger partial charge in [-0.15, -0.1) is 0 Å². The molecular weight excluding hydrogens is 251 g/mol. The Labute approximate surface area is 130 Å². The Balaban J connectivity index is 2.13. The molecule has 2 aromatic carbocycles. The lowest BCUT2D eigenvalue weighted by Gasteiger charge is -2.22. The van der Waals surface area contributed by atoms with Gasteiger partial charge in [0.2, 0.25) is 6.71 Å². The highest BCUT2D eigenvalue weighted by atomic mass is 14.0. The molecule has 0 saturated heterocycles. The average molecular weight is 278 g/mol. The first-order valence-corrected chi connectivity index (χ1v) is 8.42. The van der Waals surface area contributed by atoms with Gasteiger partial charge in [-0.25, -0.2) is 0 Å². The van der Waals surface area contributed by atoms with Crippen LogP contribution in [0.4, 0.5) is 0 Å². The van der Waals surface area contributed by atoms with Gasteiger partial charge < -0.3 is 0 Å². The van der Waals surface area contributed by atoms with E-state index in [0.717, 1.165) is 0 Å². The van der Waals surface area contributed by atoms with Crippen LogP contribution < -0.4 is 10.9 Å². The van der Waals surface area contributed by atoms with E-state index in [1.54, 1.807) is 0 Å². The molecule has 1 unspecified atom stereocenters. The first-order chi connectivity index (χ1) is 10.3. The first kappa shape index (κ1) is 15.9. The molecular formula is C20H27B. The van der Waals surface area contributed by atoms with Crippen molar-refractivity contribution in [2.75, 3.05) is 0 Å². The number of hydrogen-bond donors (Lipinski definition) is 0. The fourth-order valence-corrected chi connectivity index (χ4v) is 3.23. The summed E-state index contributed by atoms with van der Waals surface area (Å²) in [5.41, 5.74) is 2.90. The summed E-state index contributed by atoms with van der Waals surface area (Å²) in [5.74, 6) is 0.687. The maximum atomic E-state index is 2.41. The van der Waals surface area contributed by atoms with E-state index in [-0.39, 0.29) is 0 Å². The van der Waals surface area contributed by atoms with Gasteiger partial charge >= 0.3 is 0 Å². The average Bonchev–Trinajstić information content (AvgIpc) is 2.54. The lowest BCUT2D eigenvalue weighted by atomic mass is 9.33. The predicted octanol–water partition coefficient (Wildman–Crippen LogP) is 4.66. The van der Waals surface area contributed by atoms with E-state index < -0.39 is 0 Å². The molecule has 21 heavy (non-hydrogen) atoms. The van der Waals surface area contributed by atoms with Crippen LogP contribution in [0.25, 0.3) is 0 Å². The molecule has 0 aliphatic carbocycles. The van der Waals surface area contributed by atoms with Crippen molar-refractivity contribution >= 4 is 17.6 Å². The van der Waals surface area contributed by atoms with Gasteiger partial charge in [-0.1, -0.05) is 123 Å². The molecule has 0 aliphatic rings. The van der Waals surface area contributed by atoms with Gasteiger partial charge in [0.1, 0.15) is 0 Å². The highest BCUT2D eigenvalue weighted by Gasteiger charge is 2.24. The van der Waals surface area contributed by atoms with Crippen LogP contribution in [0.5, 0.6) is 0 Å². The van der Waals surface area contributed by atoms with E-state index in [4.69, 9.17) is 0 Å². The fraction of sp³-hybridized carbons (Fsp3) is 0.400. The zero-order valence-electron chi connectivity index (χ0n) is 13.5. The number of rotatable bonds is 8. The molecule has 0 radical (unpaired) electrons. The van der Waals surface area contributed by atoms with Crippen LogP contribution in [0.3, 0.4) is 0 Å². The van der Waals surface area contributed by atoms with Crippen LogP contribution in [0, 0.1) is 0 Å². The van der Waals surface area contributed by atoms with Crippen molar-refractivity contribution in [1.29, 1.82) is 0 Å².